The van der Waals surface area contributed by atoms with Crippen LogP contribution < -0.4 is 14.9 Å². The first-order chi connectivity index (χ1) is 13.8. The maximum absolute atomic E-state index is 12.8. The van der Waals surface area contributed by atoms with Crippen LogP contribution in [0.3, 0.4) is 0 Å². The summed E-state index contributed by atoms with van der Waals surface area (Å²) in [5.41, 5.74) is 3.00. The van der Waals surface area contributed by atoms with E-state index in [1.165, 1.54) is 18.7 Å². The van der Waals surface area contributed by atoms with Crippen LogP contribution in [0.4, 0.5) is 0 Å². The van der Waals surface area contributed by atoms with Gasteiger partial charge in [0.2, 0.25) is 5.75 Å². The van der Waals surface area contributed by atoms with Crippen LogP contribution >= 0.6 is 0 Å². The third kappa shape index (κ3) is 3.37. The molecule has 4 aromatic rings. The van der Waals surface area contributed by atoms with Gasteiger partial charge in [0, 0.05) is 6.07 Å². The zero-order chi connectivity index (χ0) is 20.8. The number of rotatable bonds is 4. The van der Waals surface area contributed by atoms with Crippen LogP contribution in [0.5, 0.6) is 11.5 Å². The highest BCUT2D eigenvalue weighted by atomic mass is 16.5. The molecule has 0 unspecified atom stereocenters. The van der Waals surface area contributed by atoms with Gasteiger partial charge in [0.25, 0.3) is 0 Å². The minimum atomic E-state index is -0.178. The van der Waals surface area contributed by atoms with Gasteiger partial charge in [0.05, 0.1) is 18.8 Å². The summed E-state index contributed by atoms with van der Waals surface area (Å²) >= 11 is 0. The maximum Gasteiger partial charge on any atom is 0.206 e. The second-order valence-corrected chi connectivity index (χ2v) is 8.19. The summed E-state index contributed by atoms with van der Waals surface area (Å²) in [5, 5.41) is 1.03. The van der Waals surface area contributed by atoms with Gasteiger partial charge in [-0.2, -0.15) is 0 Å². The molecule has 4 rings (SSSR count). The average Bonchev–Trinajstić information content (AvgIpc) is 3.14. The van der Waals surface area contributed by atoms with Crippen LogP contribution in [0.2, 0.25) is 0 Å². The Balaban J connectivity index is 1.81. The molecule has 2 aromatic carbocycles. The summed E-state index contributed by atoms with van der Waals surface area (Å²) < 4.78 is 23.1. The molecule has 150 valence electrons. The molecule has 0 aliphatic carbocycles. The van der Waals surface area contributed by atoms with E-state index in [4.69, 9.17) is 18.3 Å². The largest absolute Gasteiger partial charge is 0.490 e. The van der Waals surface area contributed by atoms with Crippen LogP contribution in [0.15, 0.2) is 56.3 Å². The quantitative estimate of drug-likeness (QED) is 0.444. The third-order valence-corrected chi connectivity index (χ3v) is 5.03. The van der Waals surface area contributed by atoms with Gasteiger partial charge < -0.3 is 18.3 Å². The van der Waals surface area contributed by atoms with Crippen LogP contribution in [0.25, 0.3) is 21.9 Å². The zero-order valence-electron chi connectivity index (χ0n) is 17.3. The van der Waals surface area contributed by atoms with Crippen molar-refractivity contribution in [2.45, 2.75) is 39.7 Å². The third-order valence-electron chi connectivity index (χ3n) is 5.03. The lowest BCUT2D eigenvalue weighted by Crippen LogP contribution is -2.11. The minimum absolute atomic E-state index is 0.0886. The number of methoxy groups -OCH3 is 1. The summed E-state index contributed by atoms with van der Waals surface area (Å²) in [7, 11) is 1.52. The highest BCUT2D eigenvalue weighted by Crippen LogP contribution is 2.42. The number of hydrogen-bond donors (Lipinski definition) is 0. The number of ether oxygens (including phenoxy) is 2. The normalized spacial score (nSPS) is 11.9. The molecule has 0 N–H and O–H groups in total. The van der Waals surface area contributed by atoms with Crippen LogP contribution in [0.1, 0.15) is 37.7 Å². The Hall–Kier alpha value is -3.21. The molecule has 0 saturated carbocycles. The Bertz CT molecular complexity index is 1240. The van der Waals surface area contributed by atoms with Gasteiger partial charge in [0.15, 0.2) is 16.6 Å². The van der Waals surface area contributed by atoms with Crippen molar-refractivity contribution >= 4 is 21.9 Å². The van der Waals surface area contributed by atoms with Crippen LogP contribution in [-0.2, 0) is 12.0 Å². The van der Waals surface area contributed by atoms with Crippen molar-refractivity contribution in [1.29, 1.82) is 0 Å². The molecule has 2 aromatic heterocycles. The number of fused-ring (bicyclic) bond motifs is 2. The van der Waals surface area contributed by atoms with Crippen molar-refractivity contribution < 1.29 is 18.3 Å². The van der Waals surface area contributed by atoms with Gasteiger partial charge in [-0.15, -0.1) is 0 Å². The molecule has 0 spiro atoms. The predicted molar refractivity (Wildman–Crippen MR) is 113 cm³/mol. The lowest BCUT2D eigenvalue weighted by atomic mass is 9.87. The number of furan rings is 1. The van der Waals surface area contributed by atoms with Crippen molar-refractivity contribution in [1.82, 2.24) is 0 Å². The van der Waals surface area contributed by atoms with Gasteiger partial charge in [-0.05, 0) is 29.5 Å². The topological polar surface area (TPSA) is 61.8 Å². The fraction of sp³-hybridized carbons (Fsp3) is 0.292. The van der Waals surface area contributed by atoms with Gasteiger partial charge in [-0.1, -0.05) is 45.0 Å². The Morgan fingerprint density at radius 2 is 1.72 bits per heavy atom. The Kier molecular flexibility index (Phi) is 4.61. The van der Waals surface area contributed by atoms with E-state index < -0.39 is 0 Å². The van der Waals surface area contributed by atoms with Crippen LogP contribution in [0, 0.1) is 6.92 Å². The molecule has 5 heteroatoms. The summed E-state index contributed by atoms with van der Waals surface area (Å²) in [5.74, 6) is 1.33. The monoisotopic (exact) mass is 392 g/mol. The van der Waals surface area contributed by atoms with Crippen LogP contribution in [-0.4, -0.2) is 7.11 Å². The minimum Gasteiger partial charge on any atom is -0.490 e. The van der Waals surface area contributed by atoms with E-state index in [0.717, 1.165) is 5.56 Å². The number of hydrogen-bond acceptors (Lipinski definition) is 5. The number of aryl methyl sites for hydroxylation is 1. The molecule has 0 bridgehead atoms. The molecule has 2 heterocycles. The number of benzene rings is 2. The van der Waals surface area contributed by atoms with E-state index in [1.54, 1.807) is 19.3 Å². The molecule has 5 nitrogen and oxygen atoms in total. The smallest absolute Gasteiger partial charge is 0.206 e. The van der Waals surface area contributed by atoms with E-state index in [2.05, 4.69) is 32.9 Å². The average molecular weight is 392 g/mol. The Morgan fingerprint density at radius 1 is 1.00 bits per heavy atom. The van der Waals surface area contributed by atoms with Gasteiger partial charge in [0.1, 0.15) is 23.5 Å². The molecular formula is C24H24O5. The highest BCUT2D eigenvalue weighted by Gasteiger charge is 2.23. The van der Waals surface area contributed by atoms with Crippen molar-refractivity contribution in [2.75, 3.05) is 7.11 Å². The van der Waals surface area contributed by atoms with E-state index in [-0.39, 0.29) is 10.8 Å². The lowest BCUT2D eigenvalue weighted by molar-refractivity contribution is 0.312. The van der Waals surface area contributed by atoms with E-state index in [0.29, 0.717) is 45.8 Å². The lowest BCUT2D eigenvalue weighted by Gasteiger charge is -2.19. The van der Waals surface area contributed by atoms with E-state index >= 15 is 0 Å². The van der Waals surface area contributed by atoms with Crippen molar-refractivity contribution in [3.8, 4) is 11.5 Å². The fourth-order valence-corrected chi connectivity index (χ4v) is 3.48. The Labute approximate surface area is 168 Å². The second-order valence-electron chi connectivity index (χ2n) is 8.19. The van der Waals surface area contributed by atoms with Crippen molar-refractivity contribution in [3.05, 3.63) is 69.8 Å². The molecule has 0 saturated heterocycles. The molecule has 0 atom stereocenters. The van der Waals surface area contributed by atoms with E-state index in [1.807, 2.05) is 12.1 Å². The van der Waals surface area contributed by atoms with E-state index in [9.17, 15) is 4.79 Å². The fourth-order valence-electron chi connectivity index (χ4n) is 3.48. The molecule has 0 fully saturated rings. The second kappa shape index (κ2) is 6.99. The van der Waals surface area contributed by atoms with Crippen molar-refractivity contribution in [3.63, 3.8) is 0 Å². The first kappa shape index (κ1) is 19.1. The molecule has 0 amide bonds. The summed E-state index contributed by atoms with van der Waals surface area (Å²) in [6.07, 6.45) is 1.55. The molecule has 29 heavy (non-hydrogen) atoms. The van der Waals surface area contributed by atoms with Gasteiger partial charge >= 0.3 is 0 Å². The summed E-state index contributed by atoms with van der Waals surface area (Å²) in [6.45, 7) is 8.58. The molecule has 0 aliphatic rings. The van der Waals surface area contributed by atoms with Gasteiger partial charge in [-0.3, -0.25) is 4.79 Å². The first-order valence-electron chi connectivity index (χ1n) is 9.53. The highest BCUT2D eigenvalue weighted by molar-refractivity contribution is 6.06. The summed E-state index contributed by atoms with van der Waals surface area (Å²) in [4.78, 5) is 12.8. The SMILES string of the molecule is COc1c2occc2c(OCc2ccc(C(C)(C)C)cc2)c2c(=O)cc(C)oc12. The predicted octanol–water partition coefficient (Wildman–Crippen LogP) is 5.73. The molecular weight excluding hydrogens is 368 g/mol. The van der Waals surface area contributed by atoms with Crippen molar-refractivity contribution in [2.24, 2.45) is 0 Å². The zero-order valence-corrected chi connectivity index (χ0v) is 17.3. The molecule has 0 radical (unpaired) electrons. The maximum atomic E-state index is 12.8. The summed E-state index contributed by atoms with van der Waals surface area (Å²) in [6, 6.07) is 11.5. The molecule has 0 aliphatic heterocycles. The first-order valence-corrected chi connectivity index (χ1v) is 9.53. The van der Waals surface area contributed by atoms with Gasteiger partial charge in [-0.25, -0.2) is 0 Å². The standard InChI is InChI=1S/C24H24O5/c1-14-12-18(25)19-20(17-10-11-27-21(17)23(26-5)22(19)29-14)28-13-15-6-8-16(9-7-15)24(2,3)4/h6-12H,13H2,1-5H3. The Morgan fingerprint density at radius 3 is 2.38 bits per heavy atom.